The van der Waals surface area contributed by atoms with Crippen molar-refractivity contribution in [1.82, 2.24) is 15.1 Å². The number of hydrogen-bond acceptors (Lipinski definition) is 6. The lowest BCUT2D eigenvalue weighted by molar-refractivity contribution is 0.102. The number of urea groups is 1. The van der Waals surface area contributed by atoms with E-state index in [0.717, 1.165) is 28.2 Å². The number of nitrogens with one attached hydrogen (secondary N) is 2. The van der Waals surface area contributed by atoms with Crippen LogP contribution in [0.25, 0.3) is 0 Å². The Labute approximate surface area is 155 Å². The van der Waals surface area contributed by atoms with Crippen molar-refractivity contribution >= 4 is 40.8 Å². The predicted octanol–water partition coefficient (Wildman–Crippen LogP) is 4.42. The van der Waals surface area contributed by atoms with Gasteiger partial charge in [0, 0.05) is 6.54 Å². The van der Waals surface area contributed by atoms with Crippen molar-refractivity contribution in [2.24, 2.45) is 5.92 Å². The van der Waals surface area contributed by atoms with Crippen molar-refractivity contribution in [3.8, 4) is 0 Å². The third-order valence-electron chi connectivity index (χ3n) is 3.51. The van der Waals surface area contributed by atoms with E-state index in [1.54, 1.807) is 0 Å². The average molecular weight is 380 g/mol. The minimum atomic E-state index is -0.694. The van der Waals surface area contributed by atoms with Crippen molar-refractivity contribution in [2.75, 3.05) is 11.9 Å². The van der Waals surface area contributed by atoms with Gasteiger partial charge in [-0.3, -0.25) is 10.4 Å². The summed E-state index contributed by atoms with van der Waals surface area (Å²) in [6.45, 7) is 4.32. The number of aromatic nitrogens is 2. The Hall–Kier alpha value is -2.26. The third kappa shape index (κ3) is 5.95. The van der Waals surface area contributed by atoms with Gasteiger partial charge in [-0.2, -0.15) is 0 Å². The molecule has 2 rings (SSSR count). The smallest absolute Gasteiger partial charge is 0.418 e. The first-order valence-corrected chi connectivity index (χ1v) is 9.06. The molecule has 1 aromatic carbocycles. The Morgan fingerprint density at radius 3 is 2.72 bits per heavy atom. The van der Waals surface area contributed by atoms with Crippen molar-refractivity contribution in [2.45, 2.75) is 26.9 Å². The van der Waals surface area contributed by atoms with Crippen LogP contribution in [0.5, 0.6) is 0 Å². The number of imide groups is 1. The number of hydrogen-bond donors (Lipinski definition) is 2. The van der Waals surface area contributed by atoms with Crippen LogP contribution in [0.4, 0.5) is 14.7 Å². The SMILES string of the molecule is CCC(C)CN(C(=O)Nc1n[nH]c(=S)s1)C(=O)OCc1ccccc1. The maximum atomic E-state index is 12.5. The Morgan fingerprint density at radius 1 is 1.40 bits per heavy atom. The van der Waals surface area contributed by atoms with Gasteiger partial charge in [-0.1, -0.05) is 61.9 Å². The van der Waals surface area contributed by atoms with Crippen LogP contribution >= 0.6 is 23.6 Å². The zero-order valence-corrected chi connectivity index (χ0v) is 15.7. The highest BCUT2D eigenvalue weighted by atomic mass is 32.1. The maximum absolute atomic E-state index is 12.5. The number of carbonyl (C=O) groups is 2. The highest BCUT2D eigenvalue weighted by Crippen LogP contribution is 2.14. The van der Waals surface area contributed by atoms with Gasteiger partial charge in [0.1, 0.15) is 6.61 Å². The van der Waals surface area contributed by atoms with Gasteiger partial charge in [-0.05, 0) is 23.7 Å². The van der Waals surface area contributed by atoms with E-state index in [-0.39, 0.29) is 19.1 Å². The number of aromatic amines is 1. The summed E-state index contributed by atoms with van der Waals surface area (Å²) in [5.74, 6) is 0.146. The quantitative estimate of drug-likeness (QED) is 0.725. The molecule has 134 valence electrons. The summed E-state index contributed by atoms with van der Waals surface area (Å²) in [5, 5.41) is 9.32. The van der Waals surface area contributed by atoms with Crippen LogP contribution in [0.1, 0.15) is 25.8 Å². The topological polar surface area (TPSA) is 87.3 Å². The largest absolute Gasteiger partial charge is 0.444 e. The van der Waals surface area contributed by atoms with Gasteiger partial charge >= 0.3 is 12.1 Å². The minimum absolute atomic E-state index is 0.102. The maximum Gasteiger partial charge on any atom is 0.418 e. The van der Waals surface area contributed by atoms with Crippen LogP contribution in [-0.2, 0) is 11.3 Å². The fourth-order valence-corrected chi connectivity index (χ4v) is 2.70. The Kier molecular flexibility index (Phi) is 7.08. The molecule has 1 unspecified atom stereocenters. The summed E-state index contributed by atoms with van der Waals surface area (Å²) in [6, 6.07) is 8.71. The second-order valence-corrected chi connectivity index (χ2v) is 7.18. The Morgan fingerprint density at radius 2 is 2.12 bits per heavy atom. The molecule has 1 heterocycles. The molecular weight excluding hydrogens is 360 g/mol. The van der Waals surface area contributed by atoms with Crippen molar-refractivity contribution in [3.05, 3.63) is 39.8 Å². The Bertz CT molecular complexity index is 760. The molecule has 1 atom stereocenters. The summed E-state index contributed by atoms with van der Waals surface area (Å²) >= 11 is 6.05. The van der Waals surface area contributed by atoms with Gasteiger partial charge in [0.15, 0.2) is 3.95 Å². The molecule has 2 N–H and O–H groups in total. The highest BCUT2D eigenvalue weighted by Gasteiger charge is 2.25. The second kappa shape index (κ2) is 9.28. The second-order valence-electron chi connectivity index (χ2n) is 5.51. The first-order valence-electron chi connectivity index (χ1n) is 7.84. The van der Waals surface area contributed by atoms with Crippen LogP contribution in [0, 0.1) is 9.87 Å². The van der Waals surface area contributed by atoms with E-state index in [1.165, 1.54) is 0 Å². The van der Waals surface area contributed by atoms with Crippen LogP contribution in [-0.4, -0.2) is 33.8 Å². The van der Waals surface area contributed by atoms with Gasteiger partial charge in [-0.25, -0.2) is 14.5 Å². The predicted molar refractivity (Wildman–Crippen MR) is 99.1 cm³/mol. The summed E-state index contributed by atoms with van der Waals surface area (Å²) in [7, 11) is 0. The first kappa shape index (κ1) is 19.1. The third-order valence-corrected chi connectivity index (χ3v) is 4.52. The average Bonchev–Trinajstić information content (AvgIpc) is 3.02. The minimum Gasteiger partial charge on any atom is -0.444 e. The molecule has 0 saturated heterocycles. The molecule has 0 spiro atoms. The molecule has 25 heavy (non-hydrogen) atoms. The number of carbonyl (C=O) groups excluding carboxylic acids is 2. The first-order chi connectivity index (χ1) is 12.0. The lowest BCUT2D eigenvalue weighted by Gasteiger charge is -2.23. The Balaban J connectivity index is 2.03. The molecule has 7 nitrogen and oxygen atoms in total. The molecule has 2 aromatic rings. The molecule has 0 aliphatic heterocycles. The molecule has 0 bridgehead atoms. The number of H-pyrrole nitrogens is 1. The van der Waals surface area contributed by atoms with E-state index in [9.17, 15) is 9.59 Å². The van der Waals surface area contributed by atoms with Crippen molar-refractivity contribution < 1.29 is 14.3 Å². The number of amides is 3. The van der Waals surface area contributed by atoms with Gasteiger partial charge < -0.3 is 4.74 Å². The van der Waals surface area contributed by atoms with Gasteiger partial charge in [0.05, 0.1) is 0 Å². The number of nitrogens with zero attached hydrogens (tertiary/aromatic N) is 2. The van der Waals surface area contributed by atoms with Crippen LogP contribution in [0.15, 0.2) is 30.3 Å². The summed E-state index contributed by atoms with van der Waals surface area (Å²) < 4.78 is 5.72. The summed E-state index contributed by atoms with van der Waals surface area (Å²) in [5.41, 5.74) is 0.852. The lowest BCUT2D eigenvalue weighted by Crippen LogP contribution is -2.42. The normalized spacial score (nSPS) is 11.6. The molecule has 3 amide bonds. The molecule has 0 aliphatic carbocycles. The van der Waals surface area contributed by atoms with Gasteiger partial charge in [0.25, 0.3) is 0 Å². The van der Waals surface area contributed by atoms with E-state index < -0.39 is 12.1 Å². The molecule has 0 fully saturated rings. The van der Waals surface area contributed by atoms with E-state index in [2.05, 4.69) is 15.5 Å². The number of ether oxygens (including phenoxy) is 1. The fourth-order valence-electron chi connectivity index (χ4n) is 1.92. The van der Waals surface area contributed by atoms with Gasteiger partial charge in [0.2, 0.25) is 5.13 Å². The van der Waals surface area contributed by atoms with Crippen LogP contribution < -0.4 is 5.32 Å². The van der Waals surface area contributed by atoms with Crippen LogP contribution in [0.3, 0.4) is 0 Å². The number of anilines is 1. The fraction of sp³-hybridized carbons (Fsp3) is 0.375. The summed E-state index contributed by atoms with van der Waals surface area (Å²) in [6.07, 6.45) is 0.137. The van der Waals surface area contributed by atoms with E-state index in [0.29, 0.717) is 9.09 Å². The summed E-state index contributed by atoms with van der Waals surface area (Å²) in [4.78, 5) is 25.9. The number of rotatable bonds is 6. The van der Waals surface area contributed by atoms with E-state index in [1.807, 2.05) is 44.2 Å². The lowest BCUT2D eigenvalue weighted by atomic mass is 10.1. The zero-order valence-electron chi connectivity index (χ0n) is 14.0. The van der Waals surface area contributed by atoms with Crippen LogP contribution in [0.2, 0.25) is 0 Å². The number of benzene rings is 1. The molecule has 0 radical (unpaired) electrons. The van der Waals surface area contributed by atoms with E-state index in [4.69, 9.17) is 17.0 Å². The van der Waals surface area contributed by atoms with E-state index >= 15 is 0 Å². The monoisotopic (exact) mass is 380 g/mol. The highest BCUT2D eigenvalue weighted by molar-refractivity contribution is 7.73. The molecule has 0 aliphatic rings. The van der Waals surface area contributed by atoms with Crippen molar-refractivity contribution in [1.29, 1.82) is 0 Å². The molecular formula is C16H20N4O3S2. The molecule has 9 heteroatoms. The zero-order chi connectivity index (χ0) is 18.2. The van der Waals surface area contributed by atoms with Gasteiger partial charge in [-0.15, -0.1) is 5.10 Å². The molecule has 1 aromatic heterocycles. The molecule has 0 saturated carbocycles. The standard InChI is InChI=1S/C16H20N4O3S2/c1-3-11(2)9-20(14(21)17-13-18-19-15(24)25-13)16(22)23-10-12-7-5-4-6-8-12/h4-8,11H,3,9-10H2,1-2H3,(H,19,24)(H,17,18,21). The van der Waals surface area contributed by atoms with Crippen molar-refractivity contribution in [3.63, 3.8) is 0 Å².